The summed E-state index contributed by atoms with van der Waals surface area (Å²) < 4.78 is 25.0. The van der Waals surface area contributed by atoms with E-state index in [0.29, 0.717) is 18.7 Å². The second-order valence-electron chi connectivity index (χ2n) is 6.59. The zero-order valence-electron chi connectivity index (χ0n) is 13.6. The van der Waals surface area contributed by atoms with Gasteiger partial charge in [-0.2, -0.15) is 0 Å². The molecule has 5 nitrogen and oxygen atoms in total. The third-order valence-electron chi connectivity index (χ3n) is 5.04. The molecule has 3 heterocycles. The summed E-state index contributed by atoms with van der Waals surface area (Å²) in [6, 6.07) is 4.21. The molecule has 1 amide bonds. The predicted octanol–water partition coefficient (Wildman–Crippen LogP) is 2.72. The van der Waals surface area contributed by atoms with Gasteiger partial charge in [0.15, 0.2) is 0 Å². The minimum atomic E-state index is -0.853. The average Bonchev–Trinajstić information content (AvgIpc) is 3.23. The van der Waals surface area contributed by atoms with Crippen molar-refractivity contribution in [1.29, 1.82) is 0 Å². The number of amides is 1. The van der Waals surface area contributed by atoms with Crippen LogP contribution in [0.3, 0.4) is 0 Å². The van der Waals surface area contributed by atoms with Crippen molar-refractivity contribution >= 4 is 29.2 Å². The van der Waals surface area contributed by atoms with E-state index in [9.17, 15) is 14.0 Å². The van der Waals surface area contributed by atoms with Crippen molar-refractivity contribution in [3.8, 4) is 0 Å². The van der Waals surface area contributed by atoms with Crippen LogP contribution < -0.4 is 4.90 Å². The number of halogens is 2. The van der Waals surface area contributed by atoms with Gasteiger partial charge in [0.1, 0.15) is 17.3 Å². The van der Waals surface area contributed by atoms with Crippen molar-refractivity contribution in [3.05, 3.63) is 41.2 Å². The van der Waals surface area contributed by atoms with Gasteiger partial charge in [-0.3, -0.25) is 9.59 Å². The molecule has 0 saturated carbocycles. The fourth-order valence-electron chi connectivity index (χ4n) is 3.94. The maximum atomic E-state index is 13.8. The van der Waals surface area contributed by atoms with Gasteiger partial charge in [0.05, 0.1) is 30.2 Å². The third-order valence-corrected chi connectivity index (χ3v) is 5.34. The molecule has 4 atom stereocenters. The molecule has 0 aliphatic carbocycles. The van der Waals surface area contributed by atoms with Gasteiger partial charge in [-0.15, -0.1) is 0 Å². The lowest BCUT2D eigenvalue weighted by molar-refractivity contribution is -0.152. The molecule has 1 spiro atoms. The molecule has 0 aromatic heterocycles. The summed E-state index contributed by atoms with van der Waals surface area (Å²) in [5.74, 6) is -2.58. The Labute approximate surface area is 149 Å². The first-order chi connectivity index (χ1) is 12.0. The number of carbonyl (C=O) groups excluding carboxylic acids is 2. The number of fused-ring (bicyclic) bond motifs is 1. The number of rotatable bonds is 4. The van der Waals surface area contributed by atoms with Crippen LogP contribution in [0.5, 0.6) is 0 Å². The zero-order valence-corrected chi connectivity index (χ0v) is 14.3. The van der Waals surface area contributed by atoms with Gasteiger partial charge >= 0.3 is 5.97 Å². The second kappa shape index (κ2) is 5.81. The molecule has 2 bridgehead atoms. The van der Waals surface area contributed by atoms with Gasteiger partial charge < -0.3 is 14.4 Å². The zero-order chi connectivity index (χ0) is 17.8. The minimum absolute atomic E-state index is 0.00755. The topological polar surface area (TPSA) is 55.8 Å². The molecule has 2 saturated heterocycles. The van der Waals surface area contributed by atoms with Crippen molar-refractivity contribution in [3.63, 3.8) is 0 Å². The van der Waals surface area contributed by atoms with E-state index >= 15 is 0 Å². The molecular formula is C18H17ClFNO4. The monoisotopic (exact) mass is 365 g/mol. The van der Waals surface area contributed by atoms with E-state index in [2.05, 4.69) is 0 Å². The number of hydrogen-bond acceptors (Lipinski definition) is 4. The molecule has 3 aliphatic rings. The Morgan fingerprint density at radius 1 is 1.52 bits per heavy atom. The van der Waals surface area contributed by atoms with Crippen LogP contribution in [0.4, 0.5) is 10.1 Å². The van der Waals surface area contributed by atoms with E-state index in [1.165, 1.54) is 17.0 Å². The van der Waals surface area contributed by atoms with Crippen molar-refractivity contribution in [2.24, 2.45) is 11.8 Å². The lowest BCUT2D eigenvalue weighted by atomic mass is 9.77. The Kier molecular flexibility index (Phi) is 3.85. The van der Waals surface area contributed by atoms with E-state index in [1.807, 2.05) is 19.1 Å². The largest absolute Gasteiger partial charge is 0.465 e. The molecule has 1 aromatic carbocycles. The van der Waals surface area contributed by atoms with Crippen molar-refractivity contribution in [1.82, 2.24) is 0 Å². The molecule has 25 heavy (non-hydrogen) atoms. The number of hydrogen-bond donors (Lipinski definition) is 0. The number of ether oxygens (including phenoxy) is 2. The summed E-state index contributed by atoms with van der Waals surface area (Å²) in [6.07, 6.45) is 3.92. The van der Waals surface area contributed by atoms with Crippen LogP contribution in [0.1, 0.15) is 13.3 Å². The fraction of sp³-hybridized carbons (Fsp3) is 0.444. The highest BCUT2D eigenvalue weighted by Crippen LogP contribution is 2.53. The quantitative estimate of drug-likeness (QED) is 0.608. The minimum Gasteiger partial charge on any atom is -0.465 e. The Morgan fingerprint density at radius 3 is 3.04 bits per heavy atom. The summed E-state index contributed by atoms with van der Waals surface area (Å²) in [5, 5.41) is -0.00755. The van der Waals surface area contributed by atoms with Crippen molar-refractivity contribution in [2.75, 3.05) is 18.1 Å². The fourth-order valence-corrected chi connectivity index (χ4v) is 4.06. The summed E-state index contributed by atoms with van der Waals surface area (Å²) in [5.41, 5.74) is -0.454. The van der Waals surface area contributed by atoms with Gasteiger partial charge in [0.25, 0.3) is 0 Å². The van der Waals surface area contributed by atoms with Crippen LogP contribution in [0.25, 0.3) is 0 Å². The molecule has 0 unspecified atom stereocenters. The van der Waals surface area contributed by atoms with E-state index in [1.54, 1.807) is 6.07 Å². The van der Waals surface area contributed by atoms with E-state index in [-0.39, 0.29) is 17.5 Å². The number of anilines is 1. The lowest BCUT2D eigenvalue weighted by Gasteiger charge is -2.22. The Balaban J connectivity index is 1.65. The van der Waals surface area contributed by atoms with Crippen LogP contribution in [-0.4, -0.2) is 36.7 Å². The third kappa shape index (κ3) is 2.39. The molecule has 132 valence electrons. The number of nitrogens with zero attached hydrogens (tertiary/aromatic N) is 1. The molecule has 0 radical (unpaired) electrons. The number of benzene rings is 1. The van der Waals surface area contributed by atoms with Crippen molar-refractivity contribution in [2.45, 2.75) is 25.0 Å². The van der Waals surface area contributed by atoms with E-state index < -0.39 is 35.3 Å². The molecule has 1 aromatic rings. The summed E-state index contributed by atoms with van der Waals surface area (Å²) in [6.45, 7) is 2.46. The van der Waals surface area contributed by atoms with Crippen LogP contribution in [0.2, 0.25) is 5.02 Å². The SMILES string of the molecule is CCCOC(=O)[C@H]1[C@@H]2C=C[C@]3(CN(c4ccc(Cl)c(F)c4)C(=O)[C@H]13)O2. The summed E-state index contributed by atoms with van der Waals surface area (Å²) in [4.78, 5) is 26.9. The molecule has 3 aliphatic heterocycles. The van der Waals surface area contributed by atoms with E-state index in [4.69, 9.17) is 21.1 Å². The summed E-state index contributed by atoms with van der Waals surface area (Å²) >= 11 is 5.72. The second-order valence-corrected chi connectivity index (χ2v) is 7.00. The van der Waals surface area contributed by atoms with Gasteiger partial charge in [-0.1, -0.05) is 30.7 Å². The van der Waals surface area contributed by atoms with Crippen LogP contribution in [0, 0.1) is 17.7 Å². The normalized spacial score (nSPS) is 32.4. The van der Waals surface area contributed by atoms with Gasteiger partial charge in [0.2, 0.25) is 5.91 Å². The first kappa shape index (κ1) is 16.5. The first-order valence-electron chi connectivity index (χ1n) is 8.27. The Bertz CT molecular complexity index is 782. The van der Waals surface area contributed by atoms with Gasteiger partial charge in [0, 0.05) is 5.69 Å². The van der Waals surface area contributed by atoms with Crippen molar-refractivity contribution < 1.29 is 23.5 Å². The highest BCUT2D eigenvalue weighted by molar-refractivity contribution is 6.30. The number of esters is 1. The van der Waals surface area contributed by atoms with Crippen LogP contribution in [-0.2, 0) is 19.1 Å². The molecule has 0 N–H and O–H groups in total. The molecule has 4 rings (SSSR count). The Hall–Kier alpha value is -1.92. The predicted molar refractivity (Wildman–Crippen MR) is 88.7 cm³/mol. The average molecular weight is 366 g/mol. The highest BCUT2D eigenvalue weighted by Gasteiger charge is 2.67. The van der Waals surface area contributed by atoms with Gasteiger partial charge in [-0.25, -0.2) is 4.39 Å². The Morgan fingerprint density at radius 2 is 2.32 bits per heavy atom. The summed E-state index contributed by atoms with van der Waals surface area (Å²) in [7, 11) is 0. The molecule has 7 heteroatoms. The van der Waals surface area contributed by atoms with Crippen LogP contribution in [0.15, 0.2) is 30.4 Å². The molecular weight excluding hydrogens is 349 g/mol. The highest BCUT2D eigenvalue weighted by atomic mass is 35.5. The van der Waals surface area contributed by atoms with Crippen LogP contribution >= 0.6 is 11.6 Å². The maximum Gasteiger partial charge on any atom is 0.312 e. The molecule has 2 fully saturated rings. The smallest absolute Gasteiger partial charge is 0.312 e. The number of carbonyl (C=O) groups is 2. The van der Waals surface area contributed by atoms with E-state index in [0.717, 1.165) is 0 Å². The lowest BCUT2D eigenvalue weighted by Crippen LogP contribution is -2.40. The first-order valence-corrected chi connectivity index (χ1v) is 8.65. The maximum absolute atomic E-state index is 13.8. The standard InChI is InChI=1S/C18H17ClFNO4/c1-2-7-24-17(23)14-13-5-6-18(25-13)9-21(16(22)15(14)18)10-3-4-11(19)12(20)8-10/h3-6,8,13-15H,2,7,9H2,1H3/t13-,14-,15-,18+/m0/s1. The van der Waals surface area contributed by atoms with Gasteiger partial charge in [-0.05, 0) is 24.6 Å².